The van der Waals surface area contributed by atoms with Gasteiger partial charge in [0.25, 0.3) is 0 Å². The molecule has 0 amide bonds. The van der Waals surface area contributed by atoms with E-state index in [2.05, 4.69) is 15.2 Å². The summed E-state index contributed by atoms with van der Waals surface area (Å²) in [6.07, 6.45) is 0. The molecule has 0 saturated carbocycles. The molecule has 0 aliphatic rings. The molecule has 0 spiro atoms. The van der Waals surface area contributed by atoms with Crippen LogP contribution in [0.5, 0.6) is 0 Å². The fourth-order valence-corrected chi connectivity index (χ4v) is 2.24. The fourth-order valence-electron chi connectivity index (χ4n) is 0.831. The fraction of sp³-hybridized carbons (Fsp3) is 0. The van der Waals surface area contributed by atoms with Gasteiger partial charge in [-0.2, -0.15) is 5.26 Å². The Balaban J connectivity index is 2.22. The molecule has 2 rings (SSSR count). The molecular weight excluding hydrogens is 216 g/mol. The van der Waals surface area contributed by atoms with Gasteiger partial charge < -0.3 is 0 Å². The Morgan fingerprint density at radius 1 is 1.43 bits per heavy atom. The van der Waals surface area contributed by atoms with E-state index in [1.807, 2.05) is 12.1 Å². The van der Waals surface area contributed by atoms with E-state index in [-0.39, 0.29) is 0 Å². The van der Waals surface area contributed by atoms with Crippen LogP contribution < -0.4 is 0 Å². The molecule has 0 radical (unpaired) electrons. The van der Waals surface area contributed by atoms with Gasteiger partial charge >= 0.3 is 0 Å². The predicted octanol–water partition coefficient (Wildman–Crippen LogP) is 1.96. The van der Waals surface area contributed by atoms with Gasteiger partial charge in [0.05, 0.1) is 0 Å². The third-order valence-corrected chi connectivity index (χ3v) is 3.08. The third-order valence-electron chi connectivity index (χ3n) is 1.37. The summed E-state index contributed by atoms with van der Waals surface area (Å²) in [4.78, 5) is 4.11. The van der Waals surface area contributed by atoms with E-state index in [4.69, 9.17) is 5.26 Å². The quantitative estimate of drug-likeness (QED) is 0.774. The number of pyridine rings is 1. The SMILES string of the molecule is N#Cc1cccc(Sc2nncs2)n1. The number of nitrogens with zero attached hydrogens (tertiary/aromatic N) is 4. The Labute approximate surface area is 88.6 Å². The highest BCUT2D eigenvalue weighted by atomic mass is 32.2. The van der Waals surface area contributed by atoms with Crippen molar-refractivity contribution < 1.29 is 0 Å². The van der Waals surface area contributed by atoms with Crippen molar-refractivity contribution in [3.05, 3.63) is 29.4 Å². The van der Waals surface area contributed by atoms with Gasteiger partial charge in [0.15, 0.2) is 4.34 Å². The lowest BCUT2D eigenvalue weighted by molar-refractivity contribution is 1.00. The van der Waals surface area contributed by atoms with E-state index < -0.39 is 0 Å². The van der Waals surface area contributed by atoms with Crippen LogP contribution in [0.1, 0.15) is 5.69 Å². The average molecular weight is 220 g/mol. The van der Waals surface area contributed by atoms with Gasteiger partial charge in [0, 0.05) is 0 Å². The molecule has 68 valence electrons. The molecule has 6 heteroatoms. The summed E-state index contributed by atoms with van der Waals surface area (Å²) in [7, 11) is 0. The van der Waals surface area contributed by atoms with Gasteiger partial charge in [0.2, 0.25) is 0 Å². The summed E-state index contributed by atoms with van der Waals surface area (Å²) in [6, 6.07) is 7.30. The van der Waals surface area contributed by atoms with Crippen LogP contribution in [0.4, 0.5) is 0 Å². The second kappa shape index (κ2) is 4.17. The molecule has 4 nitrogen and oxygen atoms in total. The summed E-state index contributed by atoms with van der Waals surface area (Å²) in [5.74, 6) is 0. The monoisotopic (exact) mass is 220 g/mol. The molecular formula is C8H4N4S2. The topological polar surface area (TPSA) is 62.5 Å². The molecule has 14 heavy (non-hydrogen) atoms. The highest BCUT2D eigenvalue weighted by Gasteiger charge is 2.02. The van der Waals surface area contributed by atoms with Crippen LogP contribution in [-0.4, -0.2) is 15.2 Å². The van der Waals surface area contributed by atoms with Crippen LogP contribution in [0.25, 0.3) is 0 Å². The predicted molar refractivity (Wildman–Crippen MR) is 53.0 cm³/mol. The van der Waals surface area contributed by atoms with Crippen molar-refractivity contribution in [1.29, 1.82) is 5.26 Å². The molecule has 0 saturated heterocycles. The number of aromatic nitrogens is 3. The van der Waals surface area contributed by atoms with E-state index in [0.29, 0.717) is 5.69 Å². The minimum absolute atomic E-state index is 0.416. The van der Waals surface area contributed by atoms with Crippen molar-refractivity contribution in [2.45, 2.75) is 9.37 Å². The van der Waals surface area contributed by atoms with Gasteiger partial charge in [-0.1, -0.05) is 17.4 Å². The van der Waals surface area contributed by atoms with E-state index >= 15 is 0 Å². The molecule has 0 fully saturated rings. The number of rotatable bonds is 2. The first-order chi connectivity index (χ1) is 6.88. The summed E-state index contributed by atoms with van der Waals surface area (Å²) in [5.41, 5.74) is 2.08. The second-order valence-corrected chi connectivity index (χ2v) is 4.38. The largest absolute Gasteiger partial charge is 0.230 e. The first-order valence-corrected chi connectivity index (χ1v) is 5.39. The molecule has 0 N–H and O–H groups in total. The molecule has 2 aromatic heterocycles. The van der Waals surface area contributed by atoms with Crippen LogP contribution in [0.15, 0.2) is 33.1 Å². The smallest absolute Gasteiger partial charge is 0.180 e. The van der Waals surface area contributed by atoms with E-state index in [1.165, 1.54) is 23.1 Å². The highest BCUT2D eigenvalue weighted by molar-refractivity contribution is 8.00. The molecule has 0 aliphatic heterocycles. The van der Waals surface area contributed by atoms with E-state index in [1.54, 1.807) is 17.6 Å². The first kappa shape index (κ1) is 9.12. The highest BCUT2D eigenvalue weighted by Crippen LogP contribution is 2.26. The maximum Gasteiger partial charge on any atom is 0.180 e. The number of hydrogen-bond donors (Lipinski definition) is 0. The molecule has 0 unspecified atom stereocenters. The third kappa shape index (κ3) is 2.07. The van der Waals surface area contributed by atoms with Crippen LogP contribution in [0, 0.1) is 11.3 Å². The maximum absolute atomic E-state index is 8.64. The molecule has 2 aromatic rings. The van der Waals surface area contributed by atoms with Gasteiger partial charge in [-0.3, -0.25) is 0 Å². The lowest BCUT2D eigenvalue weighted by Crippen LogP contribution is -1.84. The zero-order chi connectivity index (χ0) is 9.80. The average Bonchev–Trinajstić information content (AvgIpc) is 2.71. The second-order valence-electron chi connectivity index (χ2n) is 2.28. The first-order valence-electron chi connectivity index (χ1n) is 3.69. The minimum atomic E-state index is 0.416. The van der Waals surface area contributed by atoms with Crippen molar-refractivity contribution in [2.24, 2.45) is 0 Å². The molecule has 0 aromatic carbocycles. The standard InChI is InChI=1S/C8H4N4S2/c9-4-6-2-1-3-7(11-6)14-8-12-10-5-13-8/h1-3,5H. The Morgan fingerprint density at radius 2 is 2.36 bits per heavy atom. The van der Waals surface area contributed by atoms with Gasteiger partial charge in [0.1, 0.15) is 22.3 Å². The van der Waals surface area contributed by atoms with Crippen molar-refractivity contribution in [3.8, 4) is 6.07 Å². The summed E-state index contributed by atoms with van der Waals surface area (Å²) in [6.45, 7) is 0. The van der Waals surface area contributed by atoms with Crippen molar-refractivity contribution in [3.63, 3.8) is 0 Å². The van der Waals surface area contributed by atoms with Crippen molar-refractivity contribution in [1.82, 2.24) is 15.2 Å². The lowest BCUT2D eigenvalue weighted by Gasteiger charge is -1.95. The van der Waals surface area contributed by atoms with Gasteiger partial charge in [-0.05, 0) is 23.9 Å². The zero-order valence-corrected chi connectivity index (χ0v) is 8.55. The van der Waals surface area contributed by atoms with Crippen LogP contribution >= 0.6 is 23.1 Å². The minimum Gasteiger partial charge on any atom is -0.230 e. The Hall–Kier alpha value is -1.45. The van der Waals surface area contributed by atoms with Crippen molar-refractivity contribution in [2.75, 3.05) is 0 Å². The Bertz CT molecular complexity index is 460. The van der Waals surface area contributed by atoms with Crippen LogP contribution in [-0.2, 0) is 0 Å². The number of nitriles is 1. The lowest BCUT2D eigenvalue weighted by atomic mass is 10.4. The summed E-state index contributed by atoms with van der Waals surface area (Å²) in [5, 5.41) is 17.0. The summed E-state index contributed by atoms with van der Waals surface area (Å²) >= 11 is 2.86. The molecule has 0 atom stereocenters. The van der Waals surface area contributed by atoms with Crippen LogP contribution in [0.3, 0.4) is 0 Å². The van der Waals surface area contributed by atoms with Crippen LogP contribution in [0.2, 0.25) is 0 Å². The van der Waals surface area contributed by atoms with Crippen molar-refractivity contribution >= 4 is 23.1 Å². The zero-order valence-electron chi connectivity index (χ0n) is 6.91. The molecule has 2 heterocycles. The van der Waals surface area contributed by atoms with E-state index in [0.717, 1.165) is 9.37 Å². The normalized spacial score (nSPS) is 9.64. The van der Waals surface area contributed by atoms with E-state index in [9.17, 15) is 0 Å². The maximum atomic E-state index is 8.64. The van der Waals surface area contributed by atoms with Gasteiger partial charge in [-0.25, -0.2) is 4.98 Å². The number of hydrogen-bond acceptors (Lipinski definition) is 6. The molecule has 0 bridgehead atoms. The van der Waals surface area contributed by atoms with Gasteiger partial charge in [-0.15, -0.1) is 10.2 Å². The Kier molecular flexibility index (Phi) is 2.72. The summed E-state index contributed by atoms with van der Waals surface area (Å²) < 4.78 is 0.826. The molecule has 0 aliphatic carbocycles. The Morgan fingerprint density at radius 3 is 3.07 bits per heavy atom.